The monoisotopic (exact) mass is 274 g/mol. The summed E-state index contributed by atoms with van der Waals surface area (Å²) < 4.78 is 23.2. The summed E-state index contributed by atoms with van der Waals surface area (Å²) in [5.74, 6) is 0.227. The van der Waals surface area contributed by atoms with Crippen LogP contribution >= 0.6 is 0 Å². The number of nitrogens with zero attached hydrogens (tertiary/aromatic N) is 1. The number of allylic oxidation sites excluding steroid dienone is 1. The van der Waals surface area contributed by atoms with Crippen LogP contribution in [0.5, 0.6) is 0 Å². The summed E-state index contributed by atoms with van der Waals surface area (Å²) >= 11 is 0. The Labute approximate surface area is 109 Å². The molecule has 0 spiro atoms. The lowest BCUT2D eigenvalue weighted by Gasteiger charge is -2.22. The van der Waals surface area contributed by atoms with Crippen LogP contribution in [0, 0.1) is 5.92 Å². The Hall–Kier alpha value is -1.04. The normalized spacial score (nSPS) is 23.1. The largest absolute Gasteiger partial charge is 0.335 e. The smallest absolute Gasteiger partial charge is 0.317 e. The van der Waals surface area contributed by atoms with Gasteiger partial charge in [-0.2, -0.15) is 0 Å². The Morgan fingerprint density at radius 2 is 2.11 bits per heavy atom. The number of urea groups is 1. The van der Waals surface area contributed by atoms with Crippen LogP contribution in [0.4, 0.5) is 4.79 Å². The van der Waals surface area contributed by atoms with Gasteiger partial charge in [-0.25, -0.2) is 13.2 Å². The maximum Gasteiger partial charge on any atom is 0.317 e. The van der Waals surface area contributed by atoms with Crippen molar-refractivity contribution in [2.75, 3.05) is 31.1 Å². The lowest BCUT2D eigenvalue weighted by Crippen LogP contribution is -2.42. The maximum atomic E-state index is 11.9. The van der Waals surface area contributed by atoms with Crippen molar-refractivity contribution in [3.05, 3.63) is 11.6 Å². The number of hydrogen-bond donors (Lipinski definition) is 1. The second-order valence-corrected chi connectivity index (χ2v) is 7.36. The van der Waals surface area contributed by atoms with Crippen LogP contribution in [0.25, 0.3) is 0 Å². The first-order chi connectivity index (χ1) is 8.30. The standard InChI is InChI=1S/C12H22N2O3S/c1-10(2)4-5-13-12(15)14-6-7-18(16,17)9-11(3)8-14/h4,11H,5-9H2,1-3H3,(H,13,15). The zero-order chi connectivity index (χ0) is 13.8. The third-order valence-electron chi connectivity index (χ3n) is 2.79. The van der Waals surface area contributed by atoms with Crippen LogP contribution in [-0.2, 0) is 9.84 Å². The lowest BCUT2D eigenvalue weighted by molar-refractivity contribution is 0.197. The Morgan fingerprint density at radius 3 is 2.72 bits per heavy atom. The Morgan fingerprint density at radius 1 is 1.44 bits per heavy atom. The van der Waals surface area contributed by atoms with Gasteiger partial charge in [0, 0.05) is 19.6 Å². The quantitative estimate of drug-likeness (QED) is 0.765. The van der Waals surface area contributed by atoms with Crippen LogP contribution in [0.1, 0.15) is 20.8 Å². The Bertz CT molecular complexity index is 425. The van der Waals surface area contributed by atoms with E-state index in [2.05, 4.69) is 5.32 Å². The molecule has 1 fully saturated rings. The molecule has 1 rings (SSSR count). The summed E-state index contributed by atoms with van der Waals surface area (Å²) in [6.07, 6.45) is 1.93. The summed E-state index contributed by atoms with van der Waals surface area (Å²) in [7, 11) is -3.00. The Balaban J connectivity index is 2.55. The first-order valence-corrected chi connectivity index (χ1v) is 7.99. The van der Waals surface area contributed by atoms with Gasteiger partial charge in [-0.15, -0.1) is 0 Å². The highest BCUT2D eigenvalue weighted by atomic mass is 32.2. The number of carbonyl (C=O) groups is 1. The van der Waals surface area contributed by atoms with Gasteiger partial charge in [-0.1, -0.05) is 18.6 Å². The third kappa shape index (κ3) is 5.08. The minimum atomic E-state index is -3.00. The molecule has 0 radical (unpaired) electrons. The molecule has 1 unspecified atom stereocenters. The molecular formula is C12H22N2O3S. The van der Waals surface area contributed by atoms with E-state index < -0.39 is 9.84 Å². The summed E-state index contributed by atoms with van der Waals surface area (Å²) in [5, 5.41) is 2.78. The van der Waals surface area contributed by atoms with Gasteiger partial charge in [-0.3, -0.25) is 0 Å². The minimum absolute atomic E-state index is 0.00768. The number of carbonyl (C=O) groups excluding carboxylic acids is 1. The zero-order valence-corrected chi connectivity index (χ0v) is 12.1. The average molecular weight is 274 g/mol. The molecule has 1 heterocycles. The van der Waals surface area contributed by atoms with E-state index in [4.69, 9.17) is 0 Å². The molecule has 6 heteroatoms. The van der Waals surface area contributed by atoms with Crippen molar-refractivity contribution < 1.29 is 13.2 Å². The highest BCUT2D eigenvalue weighted by Gasteiger charge is 2.26. The molecule has 0 saturated carbocycles. The van der Waals surface area contributed by atoms with E-state index in [9.17, 15) is 13.2 Å². The lowest BCUT2D eigenvalue weighted by atomic mass is 10.2. The van der Waals surface area contributed by atoms with Gasteiger partial charge in [0.05, 0.1) is 11.5 Å². The molecule has 1 saturated heterocycles. The van der Waals surface area contributed by atoms with Crippen molar-refractivity contribution in [2.45, 2.75) is 20.8 Å². The molecule has 18 heavy (non-hydrogen) atoms. The van der Waals surface area contributed by atoms with Crippen LogP contribution in [0.3, 0.4) is 0 Å². The molecule has 104 valence electrons. The molecule has 0 aromatic carbocycles. The molecule has 1 atom stereocenters. The summed E-state index contributed by atoms with van der Waals surface area (Å²) in [6.45, 7) is 7.06. The van der Waals surface area contributed by atoms with Gasteiger partial charge >= 0.3 is 6.03 Å². The van der Waals surface area contributed by atoms with Gasteiger partial charge in [0.2, 0.25) is 0 Å². The van der Waals surface area contributed by atoms with Crippen molar-refractivity contribution in [1.82, 2.24) is 10.2 Å². The molecule has 1 aliphatic heterocycles. The van der Waals surface area contributed by atoms with E-state index in [1.54, 1.807) is 4.90 Å². The predicted octanol–water partition coefficient (Wildman–Crippen LogP) is 1.03. The van der Waals surface area contributed by atoms with E-state index >= 15 is 0 Å². The van der Waals surface area contributed by atoms with E-state index in [1.807, 2.05) is 26.8 Å². The highest BCUT2D eigenvalue weighted by Crippen LogP contribution is 2.10. The van der Waals surface area contributed by atoms with Crippen molar-refractivity contribution in [3.8, 4) is 0 Å². The molecule has 2 amide bonds. The van der Waals surface area contributed by atoms with Gasteiger partial charge in [0.25, 0.3) is 0 Å². The van der Waals surface area contributed by atoms with Gasteiger partial charge in [0.15, 0.2) is 9.84 Å². The topological polar surface area (TPSA) is 66.5 Å². The highest BCUT2D eigenvalue weighted by molar-refractivity contribution is 7.91. The molecule has 0 aromatic heterocycles. The summed E-state index contributed by atoms with van der Waals surface area (Å²) in [5.41, 5.74) is 1.14. The van der Waals surface area contributed by atoms with Crippen LogP contribution in [-0.4, -0.2) is 50.5 Å². The minimum Gasteiger partial charge on any atom is -0.335 e. The van der Waals surface area contributed by atoms with Crippen LogP contribution in [0.15, 0.2) is 11.6 Å². The first kappa shape index (κ1) is 15.0. The van der Waals surface area contributed by atoms with E-state index in [0.29, 0.717) is 13.1 Å². The zero-order valence-electron chi connectivity index (χ0n) is 11.3. The van der Waals surface area contributed by atoms with Crippen molar-refractivity contribution in [3.63, 3.8) is 0 Å². The number of amides is 2. The van der Waals surface area contributed by atoms with Crippen molar-refractivity contribution >= 4 is 15.9 Å². The Kier molecular flexibility index (Phi) is 5.19. The SMILES string of the molecule is CC(C)=CCNC(=O)N1CCS(=O)(=O)CC(C)C1. The molecular weight excluding hydrogens is 252 g/mol. The number of hydrogen-bond acceptors (Lipinski definition) is 3. The number of sulfone groups is 1. The predicted molar refractivity (Wildman–Crippen MR) is 72.2 cm³/mol. The molecule has 0 bridgehead atoms. The molecule has 5 nitrogen and oxygen atoms in total. The second kappa shape index (κ2) is 6.22. The van der Waals surface area contributed by atoms with Crippen molar-refractivity contribution in [2.24, 2.45) is 5.92 Å². The molecule has 1 aliphatic rings. The first-order valence-electron chi connectivity index (χ1n) is 6.17. The van der Waals surface area contributed by atoms with Gasteiger partial charge < -0.3 is 10.2 Å². The molecule has 1 N–H and O–H groups in total. The fourth-order valence-electron chi connectivity index (χ4n) is 1.93. The number of rotatable bonds is 2. The van der Waals surface area contributed by atoms with E-state index in [0.717, 1.165) is 5.57 Å². The van der Waals surface area contributed by atoms with E-state index in [1.165, 1.54) is 0 Å². The van der Waals surface area contributed by atoms with Gasteiger partial charge in [0.1, 0.15) is 0 Å². The van der Waals surface area contributed by atoms with Crippen LogP contribution < -0.4 is 5.32 Å². The number of nitrogens with one attached hydrogen (secondary N) is 1. The summed E-state index contributed by atoms with van der Waals surface area (Å²) in [4.78, 5) is 13.5. The van der Waals surface area contributed by atoms with Gasteiger partial charge in [-0.05, 0) is 19.8 Å². The maximum absolute atomic E-state index is 11.9. The second-order valence-electron chi connectivity index (χ2n) is 5.13. The fourth-order valence-corrected chi connectivity index (χ4v) is 3.56. The molecule has 0 aliphatic carbocycles. The third-order valence-corrected chi connectivity index (χ3v) is 4.68. The van der Waals surface area contributed by atoms with E-state index in [-0.39, 0.29) is 30.0 Å². The average Bonchev–Trinajstić information content (AvgIpc) is 2.35. The van der Waals surface area contributed by atoms with Crippen LogP contribution in [0.2, 0.25) is 0 Å². The summed E-state index contributed by atoms with van der Waals surface area (Å²) in [6, 6.07) is -0.184. The fraction of sp³-hybridized carbons (Fsp3) is 0.750. The molecule has 0 aromatic rings. The van der Waals surface area contributed by atoms with Crippen molar-refractivity contribution in [1.29, 1.82) is 0 Å².